The fourth-order valence-electron chi connectivity index (χ4n) is 7.63. The second-order valence-corrected chi connectivity index (χ2v) is 16.4. The van der Waals surface area contributed by atoms with Crippen molar-refractivity contribution in [2.75, 3.05) is 64.2 Å². The number of halogens is 4. The van der Waals surface area contributed by atoms with Crippen molar-refractivity contribution < 1.29 is 37.1 Å². The molecule has 0 bridgehead atoms. The lowest BCUT2D eigenvalue weighted by atomic mass is 9.93. The van der Waals surface area contributed by atoms with Crippen molar-refractivity contribution in [3.8, 4) is 22.8 Å². The molecule has 314 valence electrons. The summed E-state index contributed by atoms with van der Waals surface area (Å²) < 4.78 is 48.7. The number of piperazine rings is 1. The van der Waals surface area contributed by atoms with Crippen LogP contribution in [-0.2, 0) is 22.8 Å². The van der Waals surface area contributed by atoms with Crippen LogP contribution < -0.4 is 5.32 Å². The summed E-state index contributed by atoms with van der Waals surface area (Å²) in [4.78, 5) is 72.3. The number of aromatic amines is 1. The summed E-state index contributed by atoms with van der Waals surface area (Å²) in [7, 11) is 1.39. The van der Waals surface area contributed by atoms with Crippen molar-refractivity contribution in [3.63, 3.8) is 0 Å². The van der Waals surface area contributed by atoms with Crippen LogP contribution in [0.4, 0.5) is 23.7 Å². The number of nitrogens with zero attached hydrogens (tertiary/aromatic N) is 9. The third-order valence-electron chi connectivity index (χ3n) is 10.7. The fourth-order valence-corrected chi connectivity index (χ4v) is 7.89. The van der Waals surface area contributed by atoms with Crippen molar-refractivity contribution in [3.05, 3.63) is 65.0 Å². The molecule has 0 radical (unpaired) electrons. The third-order valence-corrected chi connectivity index (χ3v) is 11.0. The summed E-state index contributed by atoms with van der Waals surface area (Å²) in [5.74, 6) is -0.889. The number of piperidine rings is 1. The molecule has 7 rings (SSSR count). The Hall–Kier alpha value is -5.56. The smallest absolute Gasteiger partial charge is 0.433 e. The first-order valence-electron chi connectivity index (χ1n) is 19.3. The van der Waals surface area contributed by atoms with E-state index < -0.39 is 23.4 Å². The van der Waals surface area contributed by atoms with E-state index in [0.29, 0.717) is 45.2 Å². The van der Waals surface area contributed by atoms with Crippen LogP contribution >= 0.6 is 11.6 Å². The molecule has 0 spiro atoms. The molecule has 4 amide bonds. The monoisotopic (exact) mass is 839 g/mol. The number of hydrogen-bond acceptors (Lipinski definition) is 10. The number of anilines is 1. The highest BCUT2D eigenvalue weighted by Crippen LogP contribution is 2.40. The number of aromatic nitrogens is 6. The zero-order valence-corrected chi connectivity index (χ0v) is 33.8. The number of imidazole rings is 1. The van der Waals surface area contributed by atoms with Crippen molar-refractivity contribution >= 4 is 41.1 Å². The Kier molecular flexibility index (Phi) is 11.7. The lowest BCUT2D eigenvalue weighted by Gasteiger charge is -2.43. The van der Waals surface area contributed by atoms with Crippen molar-refractivity contribution in [1.82, 2.24) is 49.3 Å². The molecule has 2 N–H and O–H groups in total. The normalized spacial score (nSPS) is 17.2. The molecule has 1 aromatic carbocycles. The molecular weight excluding hydrogens is 795 g/mol. The second kappa shape index (κ2) is 16.6. The van der Waals surface area contributed by atoms with Gasteiger partial charge in [0.05, 0.1) is 28.0 Å². The van der Waals surface area contributed by atoms with Crippen LogP contribution in [0.25, 0.3) is 22.8 Å². The van der Waals surface area contributed by atoms with Crippen molar-refractivity contribution in [2.45, 2.75) is 45.4 Å². The van der Waals surface area contributed by atoms with Gasteiger partial charge in [-0.25, -0.2) is 19.7 Å². The molecule has 0 aliphatic carbocycles. The van der Waals surface area contributed by atoms with Gasteiger partial charge in [-0.1, -0.05) is 11.6 Å². The highest BCUT2D eigenvalue weighted by molar-refractivity contribution is 6.34. The number of carbonyl (C=O) groups excluding carboxylic acids is 4. The average Bonchev–Trinajstić information content (AvgIpc) is 3.79. The Bertz CT molecular complexity index is 2200. The van der Waals surface area contributed by atoms with Crippen LogP contribution in [0.3, 0.4) is 0 Å². The number of ether oxygens (including phenoxy) is 1. The van der Waals surface area contributed by atoms with E-state index in [0.717, 1.165) is 38.7 Å². The molecule has 3 aromatic heterocycles. The summed E-state index contributed by atoms with van der Waals surface area (Å²) in [6.07, 6.45) is 0.305. The van der Waals surface area contributed by atoms with Gasteiger partial charge in [0.2, 0.25) is 5.91 Å². The van der Waals surface area contributed by atoms with Gasteiger partial charge in [-0.3, -0.25) is 19.5 Å². The Morgan fingerprint density at radius 1 is 0.932 bits per heavy atom. The van der Waals surface area contributed by atoms with Crippen LogP contribution in [0.5, 0.6) is 0 Å². The molecular formula is C39H45ClF3N11O5. The van der Waals surface area contributed by atoms with Gasteiger partial charge < -0.3 is 34.2 Å². The minimum atomic E-state index is -4.81. The Morgan fingerprint density at radius 3 is 2.22 bits per heavy atom. The van der Waals surface area contributed by atoms with E-state index in [-0.39, 0.29) is 68.7 Å². The standard InChI is InChI=1S/C39H45ClF3N11O5/c1-38(2,3)59-37(58)54-21-23(22-54)20-51-12-8-24(9-13-51)35(56)52-14-16-53(17-15-52)36(57)26-7-6-25(18-27(26)40)47-34(55)33-46-19-28(50(33)4)29-30(32-44-10-5-11-45-32)48-49-31(29)39(41,42)43/h5-7,10-11,18-19,23-24H,8-9,12-17,20-22H2,1-4H3,(H,47,55)(H,48,49). The van der Waals surface area contributed by atoms with Gasteiger partial charge >= 0.3 is 12.3 Å². The number of benzene rings is 1. The van der Waals surface area contributed by atoms with Gasteiger partial charge in [0.15, 0.2) is 11.6 Å². The molecule has 3 aliphatic heterocycles. The number of carbonyl (C=O) groups is 4. The first-order valence-corrected chi connectivity index (χ1v) is 19.7. The predicted octanol–water partition coefficient (Wildman–Crippen LogP) is 5.06. The summed E-state index contributed by atoms with van der Waals surface area (Å²) in [6, 6.07) is 5.91. The van der Waals surface area contributed by atoms with Crippen LogP contribution in [0.2, 0.25) is 5.02 Å². The summed E-state index contributed by atoms with van der Waals surface area (Å²) in [6.45, 7) is 10.9. The molecule has 4 aromatic rings. The summed E-state index contributed by atoms with van der Waals surface area (Å²) >= 11 is 6.55. The number of H-pyrrole nitrogens is 1. The first-order chi connectivity index (χ1) is 28.0. The van der Waals surface area contributed by atoms with Crippen molar-refractivity contribution in [1.29, 1.82) is 0 Å². The molecule has 0 atom stereocenters. The van der Waals surface area contributed by atoms with Crippen molar-refractivity contribution in [2.24, 2.45) is 18.9 Å². The second-order valence-electron chi connectivity index (χ2n) is 16.0. The highest BCUT2D eigenvalue weighted by Gasteiger charge is 2.40. The van der Waals surface area contributed by atoms with Crippen LogP contribution in [0, 0.1) is 11.8 Å². The van der Waals surface area contributed by atoms with Gasteiger partial charge in [0, 0.05) is 82.8 Å². The Balaban J connectivity index is 0.900. The molecule has 16 nitrogen and oxygen atoms in total. The quantitative estimate of drug-likeness (QED) is 0.244. The van der Waals surface area contributed by atoms with Gasteiger partial charge in [-0.15, -0.1) is 0 Å². The molecule has 20 heteroatoms. The topological polar surface area (TPSA) is 175 Å². The van der Waals surface area contributed by atoms with E-state index in [1.54, 1.807) is 9.80 Å². The average molecular weight is 840 g/mol. The fraction of sp³-hybridized carbons (Fsp3) is 0.487. The number of rotatable bonds is 8. The Labute approximate surface area is 343 Å². The van der Waals surface area contributed by atoms with Crippen LogP contribution in [0.15, 0.2) is 42.9 Å². The predicted molar refractivity (Wildman–Crippen MR) is 209 cm³/mol. The molecule has 59 heavy (non-hydrogen) atoms. The minimum absolute atomic E-state index is 0.0510. The Morgan fingerprint density at radius 2 is 1.59 bits per heavy atom. The maximum absolute atomic E-state index is 14.0. The minimum Gasteiger partial charge on any atom is -0.444 e. The van der Waals surface area contributed by atoms with Crippen LogP contribution in [0.1, 0.15) is 60.3 Å². The molecule has 3 fully saturated rings. The largest absolute Gasteiger partial charge is 0.444 e. The van der Waals surface area contributed by atoms with Crippen LogP contribution in [-0.4, -0.2) is 138 Å². The van der Waals surface area contributed by atoms with E-state index >= 15 is 0 Å². The third kappa shape index (κ3) is 9.20. The number of amides is 4. The number of nitrogens with one attached hydrogen (secondary N) is 2. The van der Waals surface area contributed by atoms with E-state index in [2.05, 4.69) is 30.3 Å². The van der Waals surface area contributed by atoms with E-state index in [4.69, 9.17) is 16.3 Å². The molecule has 6 heterocycles. The number of alkyl halides is 3. The maximum atomic E-state index is 14.0. The van der Waals surface area contributed by atoms with Gasteiger partial charge in [0.25, 0.3) is 11.8 Å². The van der Waals surface area contributed by atoms with Gasteiger partial charge in [-0.05, 0) is 71.0 Å². The number of likely N-dealkylation sites (tertiary alicyclic amines) is 2. The van der Waals surface area contributed by atoms with Gasteiger partial charge in [-0.2, -0.15) is 18.3 Å². The lowest BCUT2D eigenvalue weighted by molar-refractivity contribution is -0.140. The van der Waals surface area contributed by atoms with E-state index in [9.17, 15) is 32.3 Å². The molecule has 0 saturated carbocycles. The highest BCUT2D eigenvalue weighted by atomic mass is 35.5. The molecule has 3 aliphatic rings. The first kappa shape index (κ1) is 41.6. The zero-order valence-electron chi connectivity index (χ0n) is 33.1. The zero-order chi connectivity index (χ0) is 42.2. The SMILES string of the molecule is Cn1c(-c2c(-c3ncccn3)n[nH]c2C(F)(F)F)cnc1C(=O)Nc1ccc(C(=O)N2CCN(C(=O)C3CCN(CC4CN(C(=O)OC(C)(C)C)C4)CC3)CC2)c(Cl)c1. The van der Waals surface area contributed by atoms with Gasteiger partial charge in [0.1, 0.15) is 17.0 Å². The summed E-state index contributed by atoms with van der Waals surface area (Å²) in [5, 5.41) is 8.58. The molecule has 3 saturated heterocycles. The lowest BCUT2D eigenvalue weighted by Crippen LogP contribution is -2.56. The molecule has 0 unspecified atom stereocenters. The van der Waals surface area contributed by atoms with E-state index in [1.165, 1.54) is 48.3 Å². The van der Waals surface area contributed by atoms with E-state index in [1.807, 2.05) is 30.8 Å². The summed E-state index contributed by atoms with van der Waals surface area (Å²) in [5.41, 5.74) is -1.81. The number of hydrogen-bond donors (Lipinski definition) is 2. The maximum Gasteiger partial charge on any atom is 0.433 e.